The molecule has 0 saturated carbocycles. The van der Waals surface area contributed by atoms with Crippen LogP contribution >= 0.6 is 24.0 Å². The van der Waals surface area contributed by atoms with Crippen molar-refractivity contribution in [1.29, 1.82) is 0 Å². The summed E-state index contributed by atoms with van der Waals surface area (Å²) < 4.78 is 11.4. The topological polar surface area (TPSA) is 46.1 Å². The minimum absolute atomic E-state index is 0. The number of hydrogen-bond donors (Lipinski definition) is 1. The maximum absolute atomic E-state index is 5.74. The van der Waals surface area contributed by atoms with E-state index >= 15 is 0 Å². The molecule has 0 spiro atoms. The van der Waals surface area contributed by atoms with Crippen LogP contribution in [0, 0.1) is 6.92 Å². The molecule has 0 bridgehead atoms. The van der Waals surface area contributed by atoms with Gasteiger partial charge in [-0.1, -0.05) is 17.7 Å². The van der Waals surface area contributed by atoms with E-state index in [1.165, 1.54) is 5.56 Å². The van der Waals surface area contributed by atoms with Crippen molar-refractivity contribution in [2.45, 2.75) is 32.8 Å². The molecule has 0 aromatic heterocycles. The highest BCUT2D eigenvalue weighted by atomic mass is 127. The van der Waals surface area contributed by atoms with Gasteiger partial charge < -0.3 is 19.7 Å². The predicted molar refractivity (Wildman–Crippen MR) is 110 cm³/mol. The number of nitrogens with zero attached hydrogens (tertiary/aromatic N) is 2. The van der Waals surface area contributed by atoms with Crippen molar-refractivity contribution in [2.75, 3.05) is 39.9 Å². The Bertz CT molecular complexity index is 486. The third kappa shape index (κ3) is 6.84. The van der Waals surface area contributed by atoms with Gasteiger partial charge in [0.2, 0.25) is 0 Å². The van der Waals surface area contributed by atoms with E-state index in [-0.39, 0.29) is 24.0 Å². The standard InChI is InChI=1S/C18H29N3O2.HI/c1-4-22-17-9-12-21(13-10-17)18(19-3)20-11-14-23-16-7-5-15(2)6-8-16;/h5-8,17H,4,9-14H2,1-3H3,(H,19,20);1H. The number of hydrogen-bond acceptors (Lipinski definition) is 3. The highest BCUT2D eigenvalue weighted by molar-refractivity contribution is 14.0. The molecule has 5 nitrogen and oxygen atoms in total. The summed E-state index contributed by atoms with van der Waals surface area (Å²) in [5, 5.41) is 3.38. The summed E-state index contributed by atoms with van der Waals surface area (Å²) >= 11 is 0. The molecule has 1 aliphatic rings. The van der Waals surface area contributed by atoms with E-state index in [4.69, 9.17) is 9.47 Å². The fraction of sp³-hybridized carbons (Fsp3) is 0.611. The van der Waals surface area contributed by atoms with Crippen LogP contribution in [0.1, 0.15) is 25.3 Å². The van der Waals surface area contributed by atoms with Crippen molar-refractivity contribution in [2.24, 2.45) is 4.99 Å². The molecular weight excluding hydrogens is 417 g/mol. The average Bonchev–Trinajstić information content (AvgIpc) is 2.58. The lowest BCUT2D eigenvalue weighted by molar-refractivity contribution is 0.0263. The first-order valence-electron chi connectivity index (χ1n) is 8.49. The van der Waals surface area contributed by atoms with E-state index in [9.17, 15) is 0 Å². The number of benzene rings is 1. The van der Waals surface area contributed by atoms with E-state index in [2.05, 4.69) is 41.2 Å². The zero-order valence-corrected chi connectivity index (χ0v) is 17.3. The first kappa shape index (κ1) is 21.0. The van der Waals surface area contributed by atoms with E-state index in [0.29, 0.717) is 12.7 Å². The molecule has 0 amide bonds. The summed E-state index contributed by atoms with van der Waals surface area (Å²) in [6.07, 6.45) is 2.53. The van der Waals surface area contributed by atoms with Gasteiger partial charge in [0.15, 0.2) is 5.96 Å². The Hall–Kier alpha value is -1.02. The van der Waals surface area contributed by atoms with Crippen molar-refractivity contribution >= 4 is 29.9 Å². The van der Waals surface area contributed by atoms with Crippen LogP contribution in [0.15, 0.2) is 29.3 Å². The second-order valence-corrected chi connectivity index (χ2v) is 5.78. The van der Waals surface area contributed by atoms with E-state index in [0.717, 1.165) is 50.8 Å². The molecule has 1 aliphatic heterocycles. The largest absolute Gasteiger partial charge is 0.492 e. The number of aryl methyl sites for hydroxylation is 1. The molecule has 1 fully saturated rings. The molecule has 1 aromatic rings. The van der Waals surface area contributed by atoms with Crippen LogP contribution in [0.2, 0.25) is 0 Å². The normalized spacial score (nSPS) is 15.8. The third-order valence-electron chi connectivity index (χ3n) is 4.03. The molecule has 24 heavy (non-hydrogen) atoms. The Morgan fingerprint density at radius 2 is 1.92 bits per heavy atom. The van der Waals surface area contributed by atoms with Crippen molar-refractivity contribution in [1.82, 2.24) is 10.2 Å². The van der Waals surface area contributed by atoms with Gasteiger partial charge in [0.1, 0.15) is 12.4 Å². The summed E-state index contributed by atoms with van der Waals surface area (Å²) in [7, 11) is 1.83. The van der Waals surface area contributed by atoms with Crippen molar-refractivity contribution in [3.05, 3.63) is 29.8 Å². The van der Waals surface area contributed by atoms with Gasteiger partial charge in [-0.15, -0.1) is 24.0 Å². The molecule has 136 valence electrons. The van der Waals surface area contributed by atoms with Crippen LogP contribution in [0.5, 0.6) is 5.75 Å². The summed E-state index contributed by atoms with van der Waals surface area (Å²) in [4.78, 5) is 6.67. The Kier molecular flexibility index (Phi) is 10.1. The first-order valence-corrected chi connectivity index (χ1v) is 8.49. The summed E-state index contributed by atoms with van der Waals surface area (Å²) in [5.74, 6) is 1.86. The van der Waals surface area contributed by atoms with Crippen LogP contribution in [0.25, 0.3) is 0 Å². The maximum atomic E-state index is 5.74. The van der Waals surface area contributed by atoms with Gasteiger partial charge in [-0.05, 0) is 38.8 Å². The van der Waals surface area contributed by atoms with Gasteiger partial charge >= 0.3 is 0 Å². The quantitative estimate of drug-likeness (QED) is 0.315. The van der Waals surface area contributed by atoms with Crippen LogP contribution in [-0.4, -0.2) is 56.9 Å². The van der Waals surface area contributed by atoms with Gasteiger partial charge in [-0.25, -0.2) is 0 Å². The second-order valence-electron chi connectivity index (χ2n) is 5.78. The number of rotatable bonds is 6. The number of piperidine rings is 1. The van der Waals surface area contributed by atoms with Crippen molar-refractivity contribution in [3.8, 4) is 5.75 Å². The van der Waals surface area contributed by atoms with Crippen molar-refractivity contribution in [3.63, 3.8) is 0 Å². The number of halogens is 1. The van der Waals surface area contributed by atoms with Gasteiger partial charge in [0, 0.05) is 26.7 Å². The van der Waals surface area contributed by atoms with Crippen LogP contribution in [-0.2, 0) is 4.74 Å². The lowest BCUT2D eigenvalue weighted by Crippen LogP contribution is -2.47. The molecule has 1 heterocycles. The molecular formula is C18H30IN3O2. The van der Waals surface area contributed by atoms with Gasteiger partial charge in [0.25, 0.3) is 0 Å². The molecule has 1 saturated heterocycles. The number of likely N-dealkylation sites (tertiary alicyclic amines) is 1. The summed E-state index contributed by atoms with van der Waals surface area (Å²) in [5.41, 5.74) is 1.24. The second kappa shape index (κ2) is 11.5. The fourth-order valence-electron chi connectivity index (χ4n) is 2.77. The zero-order chi connectivity index (χ0) is 16.5. The number of nitrogens with one attached hydrogen (secondary N) is 1. The van der Waals surface area contributed by atoms with E-state index in [1.807, 2.05) is 19.2 Å². The lowest BCUT2D eigenvalue weighted by atomic mass is 10.1. The summed E-state index contributed by atoms with van der Waals surface area (Å²) in [6, 6.07) is 8.12. The van der Waals surface area contributed by atoms with Crippen molar-refractivity contribution < 1.29 is 9.47 Å². The molecule has 1 N–H and O–H groups in total. The smallest absolute Gasteiger partial charge is 0.193 e. The van der Waals surface area contributed by atoms with Crippen LogP contribution < -0.4 is 10.1 Å². The Morgan fingerprint density at radius 1 is 1.25 bits per heavy atom. The third-order valence-corrected chi connectivity index (χ3v) is 4.03. The minimum atomic E-state index is 0. The molecule has 0 unspecified atom stereocenters. The number of aliphatic imine (C=N–C) groups is 1. The lowest BCUT2D eigenvalue weighted by Gasteiger charge is -2.34. The van der Waals surface area contributed by atoms with Gasteiger partial charge in [-0.3, -0.25) is 4.99 Å². The minimum Gasteiger partial charge on any atom is -0.492 e. The van der Waals surface area contributed by atoms with Crippen LogP contribution in [0.4, 0.5) is 0 Å². The molecule has 0 radical (unpaired) electrons. The molecule has 0 aliphatic carbocycles. The highest BCUT2D eigenvalue weighted by Gasteiger charge is 2.21. The zero-order valence-electron chi connectivity index (χ0n) is 15.0. The number of guanidine groups is 1. The van der Waals surface area contributed by atoms with E-state index in [1.54, 1.807) is 0 Å². The molecule has 6 heteroatoms. The van der Waals surface area contributed by atoms with E-state index < -0.39 is 0 Å². The highest BCUT2D eigenvalue weighted by Crippen LogP contribution is 2.14. The monoisotopic (exact) mass is 447 g/mol. The Morgan fingerprint density at radius 3 is 2.50 bits per heavy atom. The fourth-order valence-corrected chi connectivity index (χ4v) is 2.77. The summed E-state index contributed by atoms with van der Waals surface area (Å²) in [6.45, 7) is 8.27. The average molecular weight is 447 g/mol. The first-order chi connectivity index (χ1) is 11.2. The molecule has 1 aromatic carbocycles. The van der Waals surface area contributed by atoms with Crippen LogP contribution in [0.3, 0.4) is 0 Å². The molecule has 2 rings (SSSR count). The van der Waals surface area contributed by atoms with Gasteiger partial charge in [-0.2, -0.15) is 0 Å². The number of ether oxygens (including phenoxy) is 2. The van der Waals surface area contributed by atoms with Gasteiger partial charge in [0.05, 0.1) is 12.6 Å². The SMILES string of the molecule is CCOC1CCN(C(=NC)NCCOc2ccc(C)cc2)CC1.I. The molecule has 0 atom stereocenters. The maximum Gasteiger partial charge on any atom is 0.193 e. The Labute approximate surface area is 162 Å². The predicted octanol–water partition coefficient (Wildman–Crippen LogP) is 3.07. The Balaban J connectivity index is 0.00000288.